The fourth-order valence-electron chi connectivity index (χ4n) is 2.67. The van der Waals surface area contributed by atoms with Gasteiger partial charge in [0.15, 0.2) is 0 Å². The number of fused-ring (bicyclic) bond motifs is 1. The van der Waals surface area contributed by atoms with Crippen LogP contribution in [0.25, 0.3) is 0 Å². The molecule has 0 aliphatic carbocycles. The van der Waals surface area contributed by atoms with E-state index in [0.29, 0.717) is 11.4 Å². The lowest BCUT2D eigenvalue weighted by Crippen LogP contribution is -2.14. The largest absolute Gasteiger partial charge is 0.378 e. The van der Waals surface area contributed by atoms with E-state index in [9.17, 15) is 4.79 Å². The summed E-state index contributed by atoms with van der Waals surface area (Å²) in [5, 5.41) is 3.55. The van der Waals surface area contributed by atoms with Crippen LogP contribution in [-0.2, 0) is 11.2 Å². The molecule has 3 rings (SSSR count). The molecule has 0 aromatic heterocycles. The van der Waals surface area contributed by atoms with Crippen LogP contribution in [0.4, 0.5) is 11.4 Å². The Kier molecular flexibility index (Phi) is 3.60. The van der Waals surface area contributed by atoms with E-state index < -0.39 is 0 Å². The van der Waals surface area contributed by atoms with Crippen molar-refractivity contribution in [2.45, 2.75) is 12.3 Å². The monoisotopic (exact) mass is 300 g/mol. The van der Waals surface area contributed by atoms with E-state index in [1.165, 1.54) is 0 Å². The van der Waals surface area contributed by atoms with Crippen LogP contribution < -0.4 is 10.2 Å². The number of rotatable bonds is 3. The minimum Gasteiger partial charge on any atom is -0.378 e. The third-order valence-electron chi connectivity index (χ3n) is 3.86. The molecule has 0 fully saturated rings. The SMILES string of the molecule is CN(C)c1ccc(CC2C(=O)Nc3cc(Cl)ccc32)cc1. The van der Waals surface area contributed by atoms with E-state index in [2.05, 4.69) is 34.5 Å². The number of carbonyl (C=O) groups is 1. The molecule has 1 N–H and O–H groups in total. The van der Waals surface area contributed by atoms with Crippen LogP contribution in [0, 0.1) is 0 Å². The lowest BCUT2D eigenvalue weighted by molar-refractivity contribution is -0.117. The molecule has 2 aromatic rings. The number of benzene rings is 2. The number of nitrogens with zero attached hydrogens (tertiary/aromatic N) is 1. The van der Waals surface area contributed by atoms with Gasteiger partial charge in [-0.15, -0.1) is 0 Å². The first-order chi connectivity index (χ1) is 10.0. The van der Waals surface area contributed by atoms with Crippen LogP contribution in [0.3, 0.4) is 0 Å². The Hall–Kier alpha value is -2.00. The zero-order valence-corrected chi connectivity index (χ0v) is 12.8. The zero-order valence-electron chi connectivity index (χ0n) is 12.1. The van der Waals surface area contributed by atoms with E-state index in [0.717, 1.165) is 22.5 Å². The van der Waals surface area contributed by atoms with Crippen LogP contribution in [-0.4, -0.2) is 20.0 Å². The molecule has 0 spiro atoms. The maximum Gasteiger partial charge on any atom is 0.232 e. The summed E-state index contributed by atoms with van der Waals surface area (Å²) >= 11 is 5.97. The first kappa shape index (κ1) is 14.0. The van der Waals surface area contributed by atoms with Crippen LogP contribution >= 0.6 is 11.6 Å². The number of hydrogen-bond donors (Lipinski definition) is 1. The molecule has 1 aliphatic heterocycles. The molecule has 1 heterocycles. The van der Waals surface area contributed by atoms with Crippen LogP contribution in [0.15, 0.2) is 42.5 Å². The second-order valence-electron chi connectivity index (χ2n) is 5.54. The van der Waals surface area contributed by atoms with Crippen molar-refractivity contribution in [1.82, 2.24) is 0 Å². The number of halogens is 1. The molecule has 1 atom stereocenters. The Labute approximate surface area is 129 Å². The van der Waals surface area contributed by atoms with Gasteiger partial charge in [0.05, 0.1) is 5.92 Å². The molecule has 0 radical (unpaired) electrons. The lowest BCUT2D eigenvalue weighted by Gasteiger charge is -2.14. The van der Waals surface area contributed by atoms with E-state index in [-0.39, 0.29) is 11.8 Å². The lowest BCUT2D eigenvalue weighted by atomic mass is 9.93. The quantitative estimate of drug-likeness (QED) is 0.938. The first-order valence-corrected chi connectivity index (χ1v) is 7.29. The fourth-order valence-corrected chi connectivity index (χ4v) is 2.84. The van der Waals surface area contributed by atoms with Crippen molar-refractivity contribution in [1.29, 1.82) is 0 Å². The maximum absolute atomic E-state index is 12.2. The van der Waals surface area contributed by atoms with Crippen molar-refractivity contribution in [2.75, 3.05) is 24.3 Å². The van der Waals surface area contributed by atoms with Gasteiger partial charge in [0, 0.05) is 30.5 Å². The highest BCUT2D eigenvalue weighted by atomic mass is 35.5. The molecular weight excluding hydrogens is 284 g/mol. The molecule has 108 valence electrons. The summed E-state index contributed by atoms with van der Waals surface area (Å²) in [6, 6.07) is 13.9. The summed E-state index contributed by atoms with van der Waals surface area (Å²) in [6.07, 6.45) is 0.703. The van der Waals surface area contributed by atoms with Crippen molar-refractivity contribution >= 4 is 28.9 Å². The predicted octanol–water partition coefficient (Wildman–Crippen LogP) is 3.68. The average Bonchev–Trinajstić information content (AvgIpc) is 2.75. The highest BCUT2D eigenvalue weighted by Gasteiger charge is 2.30. The van der Waals surface area contributed by atoms with E-state index in [1.807, 2.05) is 32.3 Å². The molecule has 4 heteroatoms. The van der Waals surface area contributed by atoms with E-state index >= 15 is 0 Å². The molecule has 0 bridgehead atoms. The maximum atomic E-state index is 12.2. The van der Waals surface area contributed by atoms with E-state index in [1.54, 1.807) is 0 Å². The van der Waals surface area contributed by atoms with Gasteiger partial charge in [-0.3, -0.25) is 4.79 Å². The van der Waals surface area contributed by atoms with Gasteiger partial charge in [0.2, 0.25) is 5.91 Å². The highest BCUT2D eigenvalue weighted by Crippen LogP contribution is 2.36. The first-order valence-electron chi connectivity index (χ1n) is 6.91. The van der Waals surface area contributed by atoms with Crippen molar-refractivity contribution < 1.29 is 4.79 Å². The summed E-state index contributed by atoms with van der Waals surface area (Å²) in [7, 11) is 4.03. The van der Waals surface area contributed by atoms with Crippen LogP contribution in [0.1, 0.15) is 17.0 Å². The van der Waals surface area contributed by atoms with Crippen LogP contribution in [0.5, 0.6) is 0 Å². The Balaban J connectivity index is 1.84. The van der Waals surface area contributed by atoms with Crippen molar-refractivity contribution in [3.63, 3.8) is 0 Å². The molecular formula is C17H17ClN2O. The van der Waals surface area contributed by atoms with Gasteiger partial charge in [0.25, 0.3) is 0 Å². The summed E-state index contributed by atoms with van der Waals surface area (Å²) in [4.78, 5) is 14.2. The second-order valence-corrected chi connectivity index (χ2v) is 5.97. The number of anilines is 2. The topological polar surface area (TPSA) is 32.3 Å². The second kappa shape index (κ2) is 5.41. The Morgan fingerprint density at radius 3 is 2.52 bits per heavy atom. The number of carbonyl (C=O) groups excluding carboxylic acids is 1. The molecule has 3 nitrogen and oxygen atoms in total. The molecule has 2 aromatic carbocycles. The van der Waals surface area contributed by atoms with Gasteiger partial charge in [-0.25, -0.2) is 0 Å². The molecule has 1 amide bonds. The number of amides is 1. The molecule has 21 heavy (non-hydrogen) atoms. The zero-order chi connectivity index (χ0) is 15.0. The van der Waals surface area contributed by atoms with Crippen molar-refractivity contribution in [3.8, 4) is 0 Å². The van der Waals surface area contributed by atoms with Crippen LogP contribution in [0.2, 0.25) is 5.02 Å². The smallest absolute Gasteiger partial charge is 0.232 e. The minimum absolute atomic E-state index is 0.0453. The standard InChI is InChI=1S/C17H17ClN2O/c1-20(2)13-6-3-11(4-7-13)9-15-14-8-5-12(18)10-16(14)19-17(15)21/h3-8,10,15H,9H2,1-2H3,(H,19,21). The molecule has 0 saturated heterocycles. The average molecular weight is 301 g/mol. The van der Waals surface area contributed by atoms with E-state index in [4.69, 9.17) is 11.6 Å². The summed E-state index contributed by atoms with van der Waals surface area (Å²) in [6.45, 7) is 0. The Morgan fingerprint density at radius 1 is 1.14 bits per heavy atom. The van der Waals surface area contributed by atoms with Gasteiger partial charge in [-0.05, 0) is 41.8 Å². The van der Waals surface area contributed by atoms with Gasteiger partial charge in [0.1, 0.15) is 0 Å². The Morgan fingerprint density at radius 2 is 1.86 bits per heavy atom. The summed E-state index contributed by atoms with van der Waals surface area (Å²) < 4.78 is 0. The van der Waals surface area contributed by atoms with Crippen molar-refractivity contribution in [2.24, 2.45) is 0 Å². The third kappa shape index (κ3) is 2.74. The molecule has 1 unspecified atom stereocenters. The minimum atomic E-state index is -0.137. The Bertz CT molecular complexity index is 680. The van der Waals surface area contributed by atoms with Gasteiger partial charge in [-0.1, -0.05) is 29.8 Å². The van der Waals surface area contributed by atoms with Gasteiger partial charge in [-0.2, -0.15) is 0 Å². The third-order valence-corrected chi connectivity index (χ3v) is 4.09. The highest BCUT2D eigenvalue weighted by molar-refractivity contribution is 6.31. The molecule has 1 aliphatic rings. The predicted molar refractivity (Wildman–Crippen MR) is 87.3 cm³/mol. The van der Waals surface area contributed by atoms with Gasteiger partial charge < -0.3 is 10.2 Å². The number of nitrogens with one attached hydrogen (secondary N) is 1. The van der Waals surface area contributed by atoms with Crippen molar-refractivity contribution in [3.05, 3.63) is 58.6 Å². The van der Waals surface area contributed by atoms with Gasteiger partial charge >= 0.3 is 0 Å². The normalized spacial score (nSPS) is 16.5. The summed E-state index contributed by atoms with van der Waals surface area (Å²) in [5.41, 5.74) is 4.17. The summed E-state index contributed by atoms with van der Waals surface area (Å²) in [5.74, 6) is -0.0913. The molecule has 0 saturated carbocycles. The fraction of sp³-hybridized carbons (Fsp3) is 0.235. The number of hydrogen-bond acceptors (Lipinski definition) is 2.